The number of rotatable bonds is 7. The largest absolute Gasteiger partial charge is 0.369 e. The summed E-state index contributed by atoms with van der Waals surface area (Å²) in [7, 11) is 0. The third-order valence-corrected chi connectivity index (χ3v) is 2.00. The molecule has 0 radical (unpaired) electrons. The van der Waals surface area contributed by atoms with Gasteiger partial charge in [0, 0.05) is 6.54 Å². The van der Waals surface area contributed by atoms with E-state index in [0.29, 0.717) is 5.82 Å². The Hall–Kier alpha value is -1.69. The fourth-order valence-electron chi connectivity index (χ4n) is 1.16. The van der Waals surface area contributed by atoms with Gasteiger partial charge >= 0.3 is 0 Å². The first kappa shape index (κ1) is 12.4. The molecule has 0 aliphatic carbocycles. The Morgan fingerprint density at radius 2 is 2.19 bits per heavy atom. The molecule has 0 aromatic carbocycles. The van der Waals surface area contributed by atoms with Crippen molar-refractivity contribution in [2.75, 3.05) is 25.0 Å². The Balaban J connectivity index is 2.29. The van der Waals surface area contributed by atoms with Gasteiger partial charge in [0.05, 0.1) is 0 Å². The van der Waals surface area contributed by atoms with Crippen LogP contribution in [0.5, 0.6) is 0 Å². The molecule has 0 saturated heterocycles. The lowest BCUT2D eigenvalue weighted by Gasteiger charge is -2.05. The first-order valence-electron chi connectivity index (χ1n) is 5.32. The van der Waals surface area contributed by atoms with Crippen LogP contribution in [-0.4, -0.2) is 35.7 Å². The highest BCUT2D eigenvalue weighted by Gasteiger charge is 2.02. The van der Waals surface area contributed by atoms with Crippen molar-refractivity contribution in [2.24, 2.45) is 5.73 Å². The van der Waals surface area contributed by atoms with Crippen molar-refractivity contribution >= 4 is 11.7 Å². The molecular formula is C10H17N5O. The molecule has 0 fully saturated rings. The zero-order chi connectivity index (χ0) is 11.8. The van der Waals surface area contributed by atoms with Crippen molar-refractivity contribution < 1.29 is 4.79 Å². The lowest BCUT2D eigenvalue weighted by atomic mass is 10.3. The van der Waals surface area contributed by atoms with Gasteiger partial charge in [-0.1, -0.05) is 6.92 Å². The van der Waals surface area contributed by atoms with Gasteiger partial charge in [0.1, 0.15) is 5.82 Å². The molecule has 88 valence electrons. The lowest BCUT2D eigenvalue weighted by Crippen LogP contribution is -2.18. The average molecular weight is 223 g/mol. The van der Waals surface area contributed by atoms with E-state index in [1.54, 1.807) is 12.1 Å². The number of hydrogen-bond donors (Lipinski definition) is 3. The molecule has 1 rings (SSSR count). The number of hydrogen-bond acceptors (Lipinski definition) is 5. The number of amides is 1. The van der Waals surface area contributed by atoms with E-state index in [1.807, 2.05) is 0 Å². The van der Waals surface area contributed by atoms with Crippen molar-refractivity contribution in [1.29, 1.82) is 0 Å². The highest BCUT2D eigenvalue weighted by Crippen LogP contribution is 2.01. The van der Waals surface area contributed by atoms with Crippen LogP contribution in [0.25, 0.3) is 0 Å². The summed E-state index contributed by atoms with van der Waals surface area (Å²) in [5.41, 5.74) is 5.23. The van der Waals surface area contributed by atoms with Crippen LogP contribution in [0.4, 0.5) is 5.82 Å². The fraction of sp³-hybridized carbons (Fsp3) is 0.500. The molecule has 0 unspecified atom stereocenters. The molecule has 16 heavy (non-hydrogen) atoms. The number of carbonyl (C=O) groups excluding carboxylic acids is 1. The Bertz CT molecular complexity index is 324. The summed E-state index contributed by atoms with van der Waals surface area (Å²) >= 11 is 0. The summed E-state index contributed by atoms with van der Waals surface area (Å²) in [5, 5.41) is 13.9. The van der Waals surface area contributed by atoms with Crippen LogP contribution in [0.1, 0.15) is 23.8 Å². The maximum atomic E-state index is 10.7. The number of aromatic nitrogens is 2. The second-order valence-electron chi connectivity index (χ2n) is 3.30. The maximum absolute atomic E-state index is 10.7. The van der Waals surface area contributed by atoms with E-state index >= 15 is 0 Å². The molecule has 0 saturated carbocycles. The Kier molecular flexibility index (Phi) is 5.21. The van der Waals surface area contributed by atoms with E-state index in [1.165, 1.54) is 0 Å². The summed E-state index contributed by atoms with van der Waals surface area (Å²) in [6.45, 7) is 4.84. The van der Waals surface area contributed by atoms with E-state index in [9.17, 15) is 4.79 Å². The van der Waals surface area contributed by atoms with E-state index < -0.39 is 5.91 Å². The van der Waals surface area contributed by atoms with Crippen molar-refractivity contribution in [3.8, 4) is 0 Å². The van der Waals surface area contributed by atoms with Crippen LogP contribution in [0.2, 0.25) is 0 Å². The summed E-state index contributed by atoms with van der Waals surface area (Å²) in [4.78, 5) is 10.7. The third-order valence-electron chi connectivity index (χ3n) is 2.00. The van der Waals surface area contributed by atoms with Gasteiger partial charge < -0.3 is 16.4 Å². The van der Waals surface area contributed by atoms with Gasteiger partial charge in [-0.3, -0.25) is 4.79 Å². The summed E-state index contributed by atoms with van der Waals surface area (Å²) in [6.07, 6.45) is 1.01. The summed E-state index contributed by atoms with van der Waals surface area (Å²) in [6, 6.07) is 3.25. The first-order chi connectivity index (χ1) is 7.74. The van der Waals surface area contributed by atoms with Crippen LogP contribution in [0.15, 0.2) is 12.1 Å². The van der Waals surface area contributed by atoms with Gasteiger partial charge in [0.2, 0.25) is 0 Å². The van der Waals surface area contributed by atoms with Gasteiger partial charge in [-0.2, -0.15) is 0 Å². The SMILES string of the molecule is CCNCCCNc1ccc(C(N)=O)nn1. The van der Waals surface area contributed by atoms with Crippen LogP contribution in [-0.2, 0) is 0 Å². The summed E-state index contributed by atoms with van der Waals surface area (Å²) in [5.74, 6) is 0.0905. The molecule has 1 aromatic rings. The predicted octanol–water partition coefficient (Wildman–Crippen LogP) is -0.0130. The minimum Gasteiger partial charge on any atom is -0.369 e. The number of nitrogens with zero attached hydrogens (tertiary/aromatic N) is 2. The molecule has 0 aliphatic heterocycles. The van der Waals surface area contributed by atoms with Crippen LogP contribution in [0.3, 0.4) is 0 Å². The number of anilines is 1. The van der Waals surface area contributed by atoms with Crippen molar-refractivity contribution in [1.82, 2.24) is 15.5 Å². The quantitative estimate of drug-likeness (QED) is 0.565. The topological polar surface area (TPSA) is 92.9 Å². The monoisotopic (exact) mass is 223 g/mol. The van der Waals surface area contributed by atoms with Gasteiger partial charge in [-0.05, 0) is 31.6 Å². The Morgan fingerprint density at radius 1 is 1.38 bits per heavy atom. The standard InChI is InChI=1S/C10H17N5O/c1-2-12-6-3-7-13-9-5-4-8(10(11)16)14-15-9/h4-5,12H,2-3,6-7H2,1H3,(H2,11,16)(H,13,15). The normalized spacial score (nSPS) is 10.1. The number of carbonyl (C=O) groups is 1. The molecule has 6 heteroatoms. The zero-order valence-electron chi connectivity index (χ0n) is 9.36. The second-order valence-corrected chi connectivity index (χ2v) is 3.30. The fourth-order valence-corrected chi connectivity index (χ4v) is 1.16. The second kappa shape index (κ2) is 6.73. The number of primary amides is 1. The van der Waals surface area contributed by atoms with Crippen LogP contribution >= 0.6 is 0 Å². The average Bonchev–Trinajstić information content (AvgIpc) is 2.29. The highest BCUT2D eigenvalue weighted by molar-refractivity contribution is 5.90. The van der Waals surface area contributed by atoms with E-state index in [-0.39, 0.29) is 5.69 Å². The molecule has 1 aromatic heterocycles. The number of nitrogens with two attached hydrogens (primary N) is 1. The predicted molar refractivity (Wildman–Crippen MR) is 62.2 cm³/mol. The molecule has 0 bridgehead atoms. The lowest BCUT2D eigenvalue weighted by molar-refractivity contribution is 0.0994. The zero-order valence-corrected chi connectivity index (χ0v) is 9.36. The van der Waals surface area contributed by atoms with Crippen molar-refractivity contribution in [2.45, 2.75) is 13.3 Å². The Morgan fingerprint density at radius 3 is 2.75 bits per heavy atom. The number of nitrogens with one attached hydrogen (secondary N) is 2. The van der Waals surface area contributed by atoms with E-state index in [0.717, 1.165) is 26.1 Å². The van der Waals surface area contributed by atoms with E-state index in [4.69, 9.17) is 5.73 Å². The van der Waals surface area contributed by atoms with Gasteiger partial charge in [-0.25, -0.2) is 0 Å². The minimum atomic E-state index is -0.564. The highest BCUT2D eigenvalue weighted by atomic mass is 16.1. The Labute approximate surface area is 94.6 Å². The molecule has 1 amide bonds. The van der Waals surface area contributed by atoms with Crippen LogP contribution < -0.4 is 16.4 Å². The molecule has 0 spiro atoms. The van der Waals surface area contributed by atoms with Crippen molar-refractivity contribution in [3.63, 3.8) is 0 Å². The van der Waals surface area contributed by atoms with Gasteiger partial charge in [-0.15, -0.1) is 10.2 Å². The molecule has 0 atom stereocenters. The summed E-state index contributed by atoms with van der Waals surface area (Å²) < 4.78 is 0. The molecule has 4 N–H and O–H groups in total. The smallest absolute Gasteiger partial charge is 0.269 e. The minimum absolute atomic E-state index is 0.179. The molecular weight excluding hydrogens is 206 g/mol. The third kappa shape index (κ3) is 4.22. The van der Waals surface area contributed by atoms with Gasteiger partial charge in [0.25, 0.3) is 5.91 Å². The first-order valence-corrected chi connectivity index (χ1v) is 5.32. The maximum Gasteiger partial charge on any atom is 0.269 e. The molecule has 1 heterocycles. The van der Waals surface area contributed by atoms with Crippen molar-refractivity contribution in [3.05, 3.63) is 17.8 Å². The molecule has 6 nitrogen and oxygen atoms in total. The molecule has 0 aliphatic rings. The van der Waals surface area contributed by atoms with Crippen LogP contribution in [0, 0.1) is 0 Å². The van der Waals surface area contributed by atoms with Gasteiger partial charge in [0.15, 0.2) is 5.69 Å². The van der Waals surface area contributed by atoms with E-state index in [2.05, 4.69) is 27.8 Å².